The van der Waals surface area contributed by atoms with Crippen molar-refractivity contribution in [2.24, 2.45) is 5.73 Å². The molecule has 6 heteroatoms. The van der Waals surface area contributed by atoms with Gasteiger partial charge in [0.1, 0.15) is 10.7 Å². The van der Waals surface area contributed by atoms with Crippen LogP contribution in [0.15, 0.2) is 23.2 Å². The Morgan fingerprint density at radius 3 is 2.47 bits per heavy atom. The van der Waals surface area contributed by atoms with Crippen LogP contribution in [0.4, 0.5) is 5.82 Å². The van der Waals surface area contributed by atoms with Crippen molar-refractivity contribution >= 4 is 15.7 Å². The zero-order valence-electron chi connectivity index (χ0n) is 11.8. The molecule has 0 radical (unpaired) electrons. The van der Waals surface area contributed by atoms with E-state index in [-0.39, 0.29) is 10.9 Å². The minimum Gasteiger partial charge on any atom is -0.351 e. The lowest BCUT2D eigenvalue weighted by Gasteiger charge is -2.32. The third-order valence-corrected chi connectivity index (χ3v) is 4.29. The van der Waals surface area contributed by atoms with Crippen LogP contribution in [-0.4, -0.2) is 38.8 Å². The summed E-state index contributed by atoms with van der Waals surface area (Å²) in [4.78, 5) is 6.56. The Kier molecular flexibility index (Phi) is 5.75. The van der Waals surface area contributed by atoms with Gasteiger partial charge < -0.3 is 10.6 Å². The minimum absolute atomic E-state index is 0.249. The molecular weight excluding hydrogens is 262 g/mol. The Hall–Kier alpha value is -1.14. The number of pyridine rings is 1. The van der Waals surface area contributed by atoms with E-state index < -0.39 is 9.84 Å². The fraction of sp³-hybridized carbons (Fsp3) is 0.615. The maximum atomic E-state index is 11.9. The van der Waals surface area contributed by atoms with E-state index in [0.29, 0.717) is 18.9 Å². The van der Waals surface area contributed by atoms with Gasteiger partial charge in [0, 0.05) is 31.6 Å². The minimum atomic E-state index is -3.29. The zero-order valence-corrected chi connectivity index (χ0v) is 12.7. The molecule has 0 aliphatic heterocycles. The second-order valence-corrected chi connectivity index (χ2v) is 6.53. The Bertz CT molecular complexity index is 498. The van der Waals surface area contributed by atoms with Crippen molar-refractivity contribution in [3.63, 3.8) is 0 Å². The summed E-state index contributed by atoms with van der Waals surface area (Å²) in [6, 6.07) is 3.50. The highest BCUT2D eigenvalue weighted by molar-refractivity contribution is 7.90. The van der Waals surface area contributed by atoms with Gasteiger partial charge in [-0.2, -0.15) is 0 Å². The maximum Gasteiger partial charge on any atom is 0.179 e. The van der Waals surface area contributed by atoms with E-state index in [9.17, 15) is 8.42 Å². The van der Waals surface area contributed by atoms with E-state index in [2.05, 4.69) is 18.8 Å². The number of rotatable bonds is 7. The van der Waals surface area contributed by atoms with Crippen molar-refractivity contribution in [1.82, 2.24) is 4.98 Å². The first-order valence-corrected chi connectivity index (χ1v) is 8.46. The van der Waals surface area contributed by atoms with Crippen molar-refractivity contribution in [3.05, 3.63) is 18.3 Å². The largest absolute Gasteiger partial charge is 0.351 e. The normalized spacial score (nSPS) is 11.8. The molecule has 5 nitrogen and oxygen atoms in total. The highest BCUT2D eigenvalue weighted by Crippen LogP contribution is 2.25. The lowest BCUT2D eigenvalue weighted by Crippen LogP contribution is -2.39. The lowest BCUT2D eigenvalue weighted by atomic mass is 10.1. The lowest BCUT2D eigenvalue weighted by molar-refractivity contribution is 0.548. The fourth-order valence-electron chi connectivity index (χ4n) is 2.22. The van der Waals surface area contributed by atoms with Gasteiger partial charge in [-0.25, -0.2) is 13.4 Å². The highest BCUT2D eigenvalue weighted by Gasteiger charge is 2.23. The summed E-state index contributed by atoms with van der Waals surface area (Å²) in [5.74, 6) is 0.518. The molecule has 0 aliphatic carbocycles. The smallest absolute Gasteiger partial charge is 0.179 e. The summed E-state index contributed by atoms with van der Waals surface area (Å²) >= 11 is 0. The summed E-state index contributed by atoms with van der Waals surface area (Å²) in [6.07, 6.45) is 4.68. The zero-order chi connectivity index (χ0) is 14.5. The molecule has 1 aromatic heterocycles. The molecule has 0 unspecified atom stereocenters. The first-order valence-electron chi connectivity index (χ1n) is 6.57. The second-order valence-electron chi connectivity index (χ2n) is 4.55. The van der Waals surface area contributed by atoms with Crippen LogP contribution in [0.1, 0.15) is 26.7 Å². The molecule has 0 saturated heterocycles. The standard InChI is InChI=1S/C13H23N3O2S/c1-4-11(5-2)16(10-8-14)13-12(19(3,17)18)7-6-9-15-13/h6-7,9,11H,4-5,8,10,14H2,1-3H3. The highest BCUT2D eigenvalue weighted by atomic mass is 32.2. The van der Waals surface area contributed by atoms with Crippen molar-refractivity contribution in [2.75, 3.05) is 24.2 Å². The molecule has 0 fully saturated rings. The van der Waals surface area contributed by atoms with E-state index in [1.54, 1.807) is 18.3 Å². The SMILES string of the molecule is CCC(CC)N(CCN)c1ncccc1S(C)(=O)=O. The first-order chi connectivity index (χ1) is 8.95. The summed E-state index contributed by atoms with van der Waals surface area (Å²) in [5.41, 5.74) is 5.65. The molecule has 108 valence electrons. The summed E-state index contributed by atoms with van der Waals surface area (Å²) < 4.78 is 23.7. The Morgan fingerprint density at radius 1 is 1.37 bits per heavy atom. The molecule has 0 saturated carbocycles. The third kappa shape index (κ3) is 3.91. The van der Waals surface area contributed by atoms with Crippen molar-refractivity contribution < 1.29 is 8.42 Å². The van der Waals surface area contributed by atoms with Gasteiger partial charge >= 0.3 is 0 Å². The van der Waals surface area contributed by atoms with E-state index in [1.165, 1.54) is 6.26 Å². The Morgan fingerprint density at radius 2 is 2.00 bits per heavy atom. The van der Waals surface area contributed by atoms with Crippen molar-refractivity contribution in [1.29, 1.82) is 0 Å². The van der Waals surface area contributed by atoms with E-state index >= 15 is 0 Å². The maximum absolute atomic E-state index is 11.9. The van der Waals surface area contributed by atoms with Crippen LogP contribution in [0.3, 0.4) is 0 Å². The summed E-state index contributed by atoms with van der Waals surface area (Å²) in [7, 11) is -3.29. The molecule has 1 heterocycles. The number of aromatic nitrogens is 1. The van der Waals surface area contributed by atoms with Gasteiger partial charge in [-0.05, 0) is 25.0 Å². The number of nitrogens with two attached hydrogens (primary N) is 1. The molecule has 2 N–H and O–H groups in total. The predicted molar refractivity (Wildman–Crippen MR) is 78.1 cm³/mol. The van der Waals surface area contributed by atoms with Crippen molar-refractivity contribution in [3.8, 4) is 0 Å². The average molecular weight is 285 g/mol. The molecular formula is C13H23N3O2S. The van der Waals surface area contributed by atoms with Gasteiger partial charge in [-0.1, -0.05) is 13.8 Å². The van der Waals surface area contributed by atoms with E-state index in [1.807, 2.05) is 4.90 Å². The number of hydrogen-bond donors (Lipinski definition) is 1. The molecule has 19 heavy (non-hydrogen) atoms. The van der Waals surface area contributed by atoms with Crippen LogP contribution < -0.4 is 10.6 Å². The molecule has 0 aliphatic rings. The molecule has 0 spiro atoms. The number of nitrogens with zero attached hydrogens (tertiary/aromatic N) is 2. The van der Waals surface area contributed by atoms with Gasteiger partial charge in [0.25, 0.3) is 0 Å². The number of hydrogen-bond acceptors (Lipinski definition) is 5. The Balaban J connectivity index is 3.30. The molecule has 1 rings (SSSR count). The quantitative estimate of drug-likeness (QED) is 0.820. The van der Waals surface area contributed by atoms with Gasteiger partial charge in [-0.3, -0.25) is 0 Å². The monoisotopic (exact) mass is 285 g/mol. The average Bonchev–Trinajstić information content (AvgIpc) is 2.38. The van der Waals surface area contributed by atoms with E-state index in [0.717, 1.165) is 12.8 Å². The van der Waals surface area contributed by atoms with Crippen LogP contribution in [0, 0.1) is 0 Å². The van der Waals surface area contributed by atoms with Gasteiger partial charge in [0.2, 0.25) is 0 Å². The van der Waals surface area contributed by atoms with Crippen molar-refractivity contribution in [2.45, 2.75) is 37.6 Å². The summed E-state index contributed by atoms with van der Waals surface area (Å²) in [5, 5.41) is 0. The third-order valence-electron chi connectivity index (χ3n) is 3.18. The molecule has 0 amide bonds. The van der Waals surface area contributed by atoms with Crippen LogP contribution in [-0.2, 0) is 9.84 Å². The van der Waals surface area contributed by atoms with Crippen LogP contribution in [0.2, 0.25) is 0 Å². The van der Waals surface area contributed by atoms with Crippen LogP contribution in [0.5, 0.6) is 0 Å². The van der Waals surface area contributed by atoms with Crippen LogP contribution >= 0.6 is 0 Å². The first kappa shape index (κ1) is 15.9. The van der Waals surface area contributed by atoms with Gasteiger partial charge in [0.15, 0.2) is 9.84 Å². The second kappa shape index (κ2) is 6.86. The number of anilines is 1. The molecule has 0 bridgehead atoms. The number of sulfone groups is 1. The summed E-state index contributed by atoms with van der Waals surface area (Å²) in [6.45, 7) is 5.24. The fourth-order valence-corrected chi connectivity index (χ4v) is 3.04. The van der Waals surface area contributed by atoms with Gasteiger partial charge in [0.05, 0.1) is 0 Å². The van der Waals surface area contributed by atoms with Gasteiger partial charge in [-0.15, -0.1) is 0 Å². The Labute approximate surface area is 115 Å². The molecule has 0 aromatic carbocycles. The molecule has 1 aromatic rings. The molecule has 0 atom stereocenters. The van der Waals surface area contributed by atoms with E-state index in [4.69, 9.17) is 5.73 Å². The van der Waals surface area contributed by atoms with Crippen LogP contribution in [0.25, 0.3) is 0 Å². The topological polar surface area (TPSA) is 76.3 Å². The predicted octanol–water partition coefficient (Wildman–Crippen LogP) is 1.44.